The quantitative estimate of drug-likeness (QED) is 0.0688. The lowest BCUT2D eigenvalue weighted by molar-refractivity contribution is -0.693. The lowest BCUT2D eigenvalue weighted by atomic mass is 10.1. The number of phenols is 2. The summed E-state index contributed by atoms with van der Waals surface area (Å²) < 4.78 is 6.35. The average Bonchev–Trinajstić information content (AvgIpc) is 3.72. The van der Waals surface area contributed by atoms with Gasteiger partial charge < -0.3 is 30.6 Å². The van der Waals surface area contributed by atoms with E-state index in [2.05, 4.69) is 85.2 Å². The Bertz CT molecular complexity index is 1630. The highest BCUT2D eigenvalue weighted by atomic mass is 16.3. The zero-order valence-electron chi connectivity index (χ0n) is 26.0. The monoisotopic (exact) mass is 596 g/mol. The van der Waals surface area contributed by atoms with Gasteiger partial charge in [-0.05, 0) is 75.4 Å². The lowest BCUT2D eigenvalue weighted by Gasteiger charge is -2.23. The van der Waals surface area contributed by atoms with Gasteiger partial charge in [-0.3, -0.25) is 4.98 Å². The van der Waals surface area contributed by atoms with Gasteiger partial charge in [-0.1, -0.05) is 0 Å². The summed E-state index contributed by atoms with van der Waals surface area (Å²) >= 11 is 0. The molecule has 10 heteroatoms. The Kier molecular flexibility index (Phi) is 9.59. The van der Waals surface area contributed by atoms with E-state index in [4.69, 9.17) is 0 Å². The number of phenolic OH excluding ortho intramolecular Hbond substituents is 2. The molecular weight excluding hydrogens is 552 g/mol. The minimum atomic E-state index is 0.0149. The number of anilines is 6. The Hall–Kier alpha value is -5.12. The number of rotatable bonds is 14. The number of aromatic nitrogens is 4. The number of hydrogen-bond acceptors (Lipinski definition) is 6. The number of aryl methyl sites for hydroxylation is 1. The van der Waals surface area contributed by atoms with Crippen LogP contribution in [0.5, 0.6) is 11.5 Å². The van der Waals surface area contributed by atoms with Crippen molar-refractivity contribution >= 4 is 34.1 Å². The smallest absolute Gasteiger partial charge is 0.243 e. The van der Waals surface area contributed by atoms with Crippen molar-refractivity contribution < 1.29 is 19.3 Å². The third kappa shape index (κ3) is 7.26. The number of nitrogens with zero attached hydrogens (tertiary/aromatic N) is 5. The first-order chi connectivity index (χ1) is 21.3. The van der Waals surface area contributed by atoms with Crippen molar-refractivity contribution in [2.75, 3.05) is 46.6 Å². The van der Waals surface area contributed by atoms with Crippen molar-refractivity contribution in [2.24, 2.45) is 7.05 Å². The van der Waals surface area contributed by atoms with Crippen LogP contribution in [-0.2, 0) is 20.1 Å². The van der Waals surface area contributed by atoms with Crippen molar-refractivity contribution in [3.8, 4) is 11.5 Å². The van der Waals surface area contributed by atoms with Crippen LogP contribution in [0.1, 0.15) is 19.4 Å². The highest BCUT2D eigenvalue weighted by molar-refractivity contribution is 5.80. The Morgan fingerprint density at radius 3 is 1.86 bits per heavy atom. The molecule has 0 saturated carbocycles. The van der Waals surface area contributed by atoms with Crippen LogP contribution in [0.25, 0.3) is 0 Å². The van der Waals surface area contributed by atoms with E-state index in [9.17, 15) is 10.2 Å². The molecule has 0 radical (unpaired) electrons. The summed E-state index contributed by atoms with van der Waals surface area (Å²) in [6.45, 7) is 11.4. The summed E-state index contributed by atoms with van der Waals surface area (Å²) in [5.41, 5.74) is 5.38. The number of H-pyrrole nitrogens is 1. The maximum atomic E-state index is 10.9. The first kappa shape index (κ1) is 30.3. The number of benzene rings is 3. The van der Waals surface area contributed by atoms with Crippen molar-refractivity contribution in [3.05, 3.63) is 97.6 Å². The Balaban J connectivity index is 1.25. The molecule has 2 aromatic heterocycles. The molecule has 0 fully saturated rings. The second kappa shape index (κ2) is 13.9. The zero-order chi connectivity index (χ0) is 31.1. The first-order valence-corrected chi connectivity index (χ1v) is 15.2. The van der Waals surface area contributed by atoms with Crippen LogP contribution in [0.4, 0.5) is 34.1 Å². The summed E-state index contributed by atoms with van der Waals surface area (Å²) in [4.78, 5) is 7.74. The summed E-state index contributed by atoms with van der Waals surface area (Å²) in [5.74, 6) is 0.0301. The fourth-order valence-corrected chi connectivity index (χ4v) is 5.32. The van der Waals surface area contributed by atoms with Gasteiger partial charge in [0.05, 0.1) is 31.5 Å². The van der Waals surface area contributed by atoms with Gasteiger partial charge in [-0.15, -0.1) is 0 Å². The third-order valence-corrected chi connectivity index (χ3v) is 7.98. The Morgan fingerprint density at radius 2 is 1.39 bits per heavy atom. The second-order valence-corrected chi connectivity index (χ2v) is 11.0. The van der Waals surface area contributed by atoms with E-state index in [1.165, 1.54) is 0 Å². The molecular formula is C34H44N8O2+2. The number of likely N-dealkylation sites (N-methyl/N-ethyl adjacent to an activating group) is 2. The first-order valence-electron chi connectivity index (χ1n) is 15.2. The fourth-order valence-electron chi connectivity index (χ4n) is 5.32. The van der Waals surface area contributed by atoms with Crippen LogP contribution in [0, 0.1) is 6.92 Å². The minimum absolute atomic E-state index is 0.0149. The molecule has 0 bridgehead atoms. The molecule has 44 heavy (non-hydrogen) atoms. The molecule has 5 rings (SSSR count). The number of nitrogens with one attached hydrogen (secondary N) is 3. The van der Waals surface area contributed by atoms with E-state index in [-0.39, 0.29) is 11.5 Å². The summed E-state index contributed by atoms with van der Waals surface area (Å²) in [5, 5.41) is 28.4. The molecule has 0 saturated heterocycles. The van der Waals surface area contributed by atoms with Gasteiger partial charge >= 0.3 is 0 Å². The number of aromatic hydroxyl groups is 2. The Labute approximate surface area is 259 Å². The summed E-state index contributed by atoms with van der Waals surface area (Å²) in [6.07, 6.45) is 12.1. The van der Waals surface area contributed by atoms with Gasteiger partial charge in [0.1, 0.15) is 49.4 Å². The fraction of sp³-hybridized carbons (Fsp3) is 0.294. The largest absolute Gasteiger partial charge is 0.505 e. The highest BCUT2D eigenvalue weighted by Gasteiger charge is 2.16. The maximum absolute atomic E-state index is 10.9. The zero-order valence-corrected chi connectivity index (χ0v) is 26.0. The molecule has 0 aliphatic rings. The number of aromatic amines is 1. The molecule has 0 aliphatic heterocycles. The standard InChI is InChI=1S/C34H42N8O2/c1-5-41(21-19-39-16-15-35-24-39)29-11-7-27(8-12-29)36-31-23-32(34(44)26(3)33(31)43)37-28-9-13-30(14-10-28)42(6-2)22-20-40-18-17-38(4)25-40/h7-18,23-25,36-37H,5-6,19-22H2,1-4H3,(H-,43,44)/p+2. The minimum Gasteiger partial charge on any atom is -0.505 e. The predicted octanol–water partition coefficient (Wildman–Crippen LogP) is 5.19. The van der Waals surface area contributed by atoms with Gasteiger partial charge in [-0.25, -0.2) is 13.7 Å². The average molecular weight is 597 g/mol. The molecule has 0 amide bonds. The van der Waals surface area contributed by atoms with Crippen LogP contribution in [0.2, 0.25) is 0 Å². The molecule has 2 heterocycles. The summed E-state index contributed by atoms with van der Waals surface area (Å²) in [7, 11) is 2.02. The van der Waals surface area contributed by atoms with Crippen molar-refractivity contribution in [2.45, 2.75) is 33.9 Å². The summed E-state index contributed by atoms with van der Waals surface area (Å²) in [6, 6.07) is 18.1. The number of imidazole rings is 2. The molecule has 0 atom stereocenters. The highest BCUT2D eigenvalue weighted by Crippen LogP contribution is 2.42. The molecule has 230 valence electrons. The molecule has 0 spiro atoms. The molecule has 0 aliphatic carbocycles. The van der Waals surface area contributed by atoms with Crippen LogP contribution < -0.4 is 29.6 Å². The van der Waals surface area contributed by atoms with E-state index in [0.717, 1.165) is 62.0 Å². The van der Waals surface area contributed by atoms with E-state index < -0.39 is 0 Å². The number of hydrogen-bond donors (Lipinski definition) is 5. The second-order valence-electron chi connectivity index (χ2n) is 11.0. The van der Waals surface area contributed by atoms with Crippen LogP contribution in [0.15, 0.2) is 92.0 Å². The van der Waals surface area contributed by atoms with Crippen molar-refractivity contribution in [1.29, 1.82) is 0 Å². The van der Waals surface area contributed by atoms with Crippen molar-refractivity contribution in [1.82, 2.24) is 9.55 Å². The van der Waals surface area contributed by atoms with Gasteiger partial charge in [0.25, 0.3) is 0 Å². The van der Waals surface area contributed by atoms with Gasteiger partial charge in [0.2, 0.25) is 12.7 Å². The third-order valence-electron chi connectivity index (χ3n) is 7.98. The lowest BCUT2D eigenvalue weighted by Crippen LogP contribution is -2.39. The van der Waals surface area contributed by atoms with Gasteiger partial charge in [0.15, 0.2) is 0 Å². The molecule has 5 aromatic rings. The van der Waals surface area contributed by atoms with Gasteiger partial charge in [-0.2, -0.15) is 0 Å². The van der Waals surface area contributed by atoms with Gasteiger partial charge in [0, 0.05) is 41.4 Å². The maximum Gasteiger partial charge on any atom is 0.243 e. The molecule has 10 nitrogen and oxygen atoms in total. The SMILES string of the molecule is CCN(CCn1cc[n+](C)c1)c1ccc(Nc2cc(Nc3ccc(N(CC)CC[n+]4cc[nH]c4)cc3)c(O)c(C)c2O)cc1. The van der Waals surface area contributed by atoms with E-state index >= 15 is 0 Å². The van der Waals surface area contributed by atoms with Crippen LogP contribution in [0.3, 0.4) is 0 Å². The van der Waals surface area contributed by atoms with Crippen LogP contribution >= 0.6 is 0 Å². The molecule has 3 aromatic carbocycles. The Morgan fingerprint density at radius 1 is 0.818 bits per heavy atom. The normalized spacial score (nSPS) is 11.0. The van der Waals surface area contributed by atoms with E-state index in [0.29, 0.717) is 16.9 Å². The molecule has 0 unspecified atom stereocenters. The van der Waals surface area contributed by atoms with E-state index in [1.807, 2.05) is 60.8 Å². The van der Waals surface area contributed by atoms with Crippen molar-refractivity contribution in [3.63, 3.8) is 0 Å². The molecule has 5 N–H and O–H groups in total. The topological polar surface area (TPSA) is 99.5 Å². The predicted molar refractivity (Wildman–Crippen MR) is 176 cm³/mol. The van der Waals surface area contributed by atoms with Crippen LogP contribution in [-0.4, -0.2) is 45.9 Å². The van der Waals surface area contributed by atoms with E-state index in [1.54, 1.807) is 13.0 Å².